The van der Waals surface area contributed by atoms with Crippen LogP contribution in [0.4, 0.5) is 21.9 Å². The van der Waals surface area contributed by atoms with E-state index in [0.29, 0.717) is 11.4 Å². The average molecular weight is 489 g/mol. The van der Waals surface area contributed by atoms with Crippen LogP contribution >= 0.6 is 0 Å². The maximum Gasteiger partial charge on any atom is 0.335 e. The molecule has 1 atom stereocenters. The molecule has 3 rings (SSSR count). The minimum Gasteiger partial charge on any atom is -0.478 e. The van der Waals surface area contributed by atoms with E-state index in [-0.39, 0.29) is 29.6 Å². The van der Waals surface area contributed by atoms with E-state index in [1.807, 2.05) is 19.9 Å². The van der Waals surface area contributed by atoms with Crippen molar-refractivity contribution in [3.63, 3.8) is 0 Å². The maximum absolute atomic E-state index is 13.4. The van der Waals surface area contributed by atoms with Gasteiger partial charge in [-0.25, -0.2) is 9.59 Å². The number of carboxylic acids is 1. The molecule has 0 aliphatic rings. The lowest BCUT2D eigenvalue weighted by Crippen LogP contribution is -2.53. The SMILES string of the molecule is CC(C)[C@H](C(=O)Nc1ccccc1)N(C(=O)CNC(=O)Nc1cccc(C(=O)O)c1)c1ccccc1. The van der Waals surface area contributed by atoms with Gasteiger partial charge in [0.05, 0.1) is 12.1 Å². The Morgan fingerprint density at radius 3 is 2.03 bits per heavy atom. The third kappa shape index (κ3) is 6.92. The van der Waals surface area contributed by atoms with E-state index < -0.39 is 23.9 Å². The van der Waals surface area contributed by atoms with Gasteiger partial charge < -0.3 is 21.1 Å². The van der Waals surface area contributed by atoms with E-state index in [4.69, 9.17) is 5.11 Å². The Balaban J connectivity index is 1.77. The number of anilines is 3. The van der Waals surface area contributed by atoms with Crippen molar-refractivity contribution < 1.29 is 24.3 Å². The second-order valence-corrected chi connectivity index (χ2v) is 8.34. The smallest absolute Gasteiger partial charge is 0.335 e. The lowest BCUT2D eigenvalue weighted by Gasteiger charge is -2.33. The van der Waals surface area contributed by atoms with Crippen molar-refractivity contribution >= 4 is 40.9 Å². The molecule has 3 aromatic rings. The summed E-state index contributed by atoms with van der Waals surface area (Å²) in [6.07, 6.45) is 0. The van der Waals surface area contributed by atoms with E-state index >= 15 is 0 Å². The van der Waals surface area contributed by atoms with Gasteiger partial charge in [0, 0.05) is 17.1 Å². The summed E-state index contributed by atoms with van der Waals surface area (Å²) in [6.45, 7) is 3.29. The van der Waals surface area contributed by atoms with E-state index in [0.717, 1.165) is 0 Å². The van der Waals surface area contributed by atoms with Crippen molar-refractivity contribution in [3.8, 4) is 0 Å². The van der Waals surface area contributed by atoms with Crippen LogP contribution in [-0.4, -0.2) is 41.5 Å². The molecule has 0 saturated carbocycles. The molecule has 186 valence electrons. The van der Waals surface area contributed by atoms with Crippen LogP contribution in [0.5, 0.6) is 0 Å². The second-order valence-electron chi connectivity index (χ2n) is 8.34. The second kappa shape index (κ2) is 12.2. The normalized spacial score (nSPS) is 11.3. The fourth-order valence-electron chi connectivity index (χ4n) is 3.65. The van der Waals surface area contributed by atoms with Crippen molar-refractivity contribution in [2.45, 2.75) is 19.9 Å². The predicted molar refractivity (Wildman–Crippen MR) is 138 cm³/mol. The molecule has 0 saturated heterocycles. The Morgan fingerprint density at radius 1 is 0.806 bits per heavy atom. The molecule has 9 nitrogen and oxygen atoms in total. The molecule has 9 heteroatoms. The van der Waals surface area contributed by atoms with Crippen LogP contribution in [0.2, 0.25) is 0 Å². The van der Waals surface area contributed by atoms with Crippen LogP contribution in [-0.2, 0) is 9.59 Å². The van der Waals surface area contributed by atoms with Gasteiger partial charge in [-0.05, 0) is 48.4 Å². The van der Waals surface area contributed by atoms with Gasteiger partial charge in [-0.1, -0.05) is 56.3 Å². The molecule has 0 bridgehead atoms. The Hall–Kier alpha value is -4.66. The molecule has 0 aliphatic carbocycles. The monoisotopic (exact) mass is 488 g/mol. The number of carboxylic acid groups (broad SMARTS) is 1. The van der Waals surface area contributed by atoms with Crippen LogP contribution in [0.1, 0.15) is 24.2 Å². The van der Waals surface area contributed by atoms with Crippen LogP contribution in [0.25, 0.3) is 0 Å². The lowest BCUT2D eigenvalue weighted by atomic mass is 10.00. The summed E-state index contributed by atoms with van der Waals surface area (Å²) in [4.78, 5) is 51.6. The molecule has 0 aromatic heterocycles. The minimum atomic E-state index is -1.12. The Morgan fingerprint density at radius 2 is 1.42 bits per heavy atom. The quantitative estimate of drug-likeness (QED) is 0.359. The molecule has 4 N–H and O–H groups in total. The number of nitrogens with zero attached hydrogens (tertiary/aromatic N) is 1. The summed E-state index contributed by atoms with van der Waals surface area (Å²) in [5.41, 5.74) is 1.40. The number of rotatable bonds is 9. The van der Waals surface area contributed by atoms with Gasteiger partial charge >= 0.3 is 12.0 Å². The summed E-state index contributed by atoms with van der Waals surface area (Å²) in [7, 11) is 0. The number of urea groups is 1. The van der Waals surface area contributed by atoms with Gasteiger partial charge in [0.2, 0.25) is 11.8 Å². The number of hydrogen-bond donors (Lipinski definition) is 4. The van der Waals surface area contributed by atoms with Crippen LogP contribution in [0, 0.1) is 5.92 Å². The summed E-state index contributed by atoms with van der Waals surface area (Å²) < 4.78 is 0. The van der Waals surface area contributed by atoms with E-state index in [1.54, 1.807) is 54.6 Å². The molecule has 0 radical (unpaired) electrons. The Kier molecular flexibility index (Phi) is 8.77. The van der Waals surface area contributed by atoms with E-state index in [1.165, 1.54) is 29.2 Å². The number of benzene rings is 3. The molecular weight excluding hydrogens is 460 g/mol. The van der Waals surface area contributed by atoms with Gasteiger partial charge in [0.25, 0.3) is 0 Å². The van der Waals surface area contributed by atoms with Gasteiger partial charge in [-0.3, -0.25) is 14.5 Å². The topological polar surface area (TPSA) is 128 Å². The number of carbonyl (C=O) groups is 4. The number of amides is 4. The molecule has 36 heavy (non-hydrogen) atoms. The first-order valence-corrected chi connectivity index (χ1v) is 11.4. The highest BCUT2D eigenvalue weighted by molar-refractivity contribution is 6.06. The highest BCUT2D eigenvalue weighted by atomic mass is 16.4. The van der Waals surface area contributed by atoms with Crippen molar-refractivity contribution in [3.05, 3.63) is 90.5 Å². The zero-order chi connectivity index (χ0) is 26.1. The lowest BCUT2D eigenvalue weighted by molar-refractivity contribution is -0.123. The third-order valence-electron chi connectivity index (χ3n) is 5.29. The summed E-state index contributed by atoms with van der Waals surface area (Å²) in [5, 5.41) is 17.0. The summed E-state index contributed by atoms with van der Waals surface area (Å²) >= 11 is 0. The molecule has 0 spiro atoms. The number of aromatic carboxylic acids is 1. The maximum atomic E-state index is 13.4. The van der Waals surface area contributed by atoms with Gasteiger partial charge in [0.15, 0.2) is 0 Å². The molecule has 3 aromatic carbocycles. The fraction of sp³-hybridized carbons (Fsp3) is 0.185. The number of hydrogen-bond acceptors (Lipinski definition) is 4. The zero-order valence-electron chi connectivity index (χ0n) is 20.0. The molecule has 0 heterocycles. The number of carbonyl (C=O) groups excluding carboxylic acids is 3. The number of nitrogens with one attached hydrogen (secondary N) is 3. The largest absolute Gasteiger partial charge is 0.478 e. The Labute approximate surface area is 209 Å². The van der Waals surface area contributed by atoms with Gasteiger partial charge in [-0.15, -0.1) is 0 Å². The van der Waals surface area contributed by atoms with Gasteiger partial charge in [0.1, 0.15) is 6.04 Å². The highest BCUT2D eigenvalue weighted by Crippen LogP contribution is 2.23. The molecule has 0 aliphatic heterocycles. The van der Waals surface area contributed by atoms with Crippen LogP contribution in [0.15, 0.2) is 84.9 Å². The summed E-state index contributed by atoms with van der Waals surface area (Å²) in [5.74, 6) is -2.22. The standard InChI is InChI=1S/C27H28N4O5/c1-18(2)24(25(33)29-20-11-5-3-6-12-20)31(22-14-7-4-8-15-22)23(32)17-28-27(36)30-21-13-9-10-19(16-21)26(34)35/h3-16,18,24H,17H2,1-2H3,(H,29,33)(H,34,35)(H2,28,30,36)/t24-/m1/s1. The highest BCUT2D eigenvalue weighted by Gasteiger charge is 2.33. The first kappa shape index (κ1) is 26.0. The minimum absolute atomic E-state index is 0.0170. The molecule has 0 unspecified atom stereocenters. The van der Waals surface area contributed by atoms with Crippen molar-refractivity contribution in [1.82, 2.24) is 5.32 Å². The number of para-hydroxylation sites is 2. The van der Waals surface area contributed by atoms with Crippen LogP contribution < -0.4 is 20.9 Å². The first-order valence-electron chi connectivity index (χ1n) is 11.4. The molecular formula is C27H28N4O5. The third-order valence-corrected chi connectivity index (χ3v) is 5.29. The van der Waals surface area contributed by atoms with Gasteiger partial charge in [-0.2, -0.15) is 0 Å². The van der Waals surface area contributed by atoms with Crippen molar-refractivity contribution in [2.24, 2.45) is 5.92 Å². The summed E-state index contributed by atoms with van der Waals surface area (Å²) in [6, 6.07) is 21.9. The predicted octanol–water partition coefficient (Wildman–Crippen LogP) is 4.20. The fourth-order valence-corrected chi connectivity index (χ4v) is 3.65. The van der Waals surface area contributed by atoms with Crippen molar-refractivity contribution in [2.75, 3.05) is 22.1 Å². The van der Waals surface area contributed by atoms with Crippen LogP contribution in [0.3, 0.4) is 0 Å². The Bertz CT molecular complexity index is 1220. The zero-order valence-corrected chi connectivity index (χ0v) is 20.0. The van der Waals surface area contributed by atoms with E-state index in [2.05, 4.69) is 16.0 Å². The van der Waals surface area contributed by atoms with Crippen molar-refractivity contribution in [1.29, 1.82) is 0 Å². The average Bonchev–Trinajstić information content (AvgIpc) is 2.86. The van der Waals surface area contributed by atoms with E-state index in [9.17, 15) is 19.2 Å². The molecule has 0 fully saturated rings. The molecule has 4 amide bonds. The first-order chi connectivity index (χ1) is 17.3.